The zero-order valence-corrected chi connectivity index (χ0v) is 11.6. The van der Waals surface area contributed by atoms with Crippen molar-refractivity contribution in [3.05, 3.63) is 52.0 Å². The van der Waals surface area contributed by atoms with Gasteiger partial charge in [-0.05, 0) is 47.4 Å². The third-order valence-corrected chi connectivity index (χ3v) is 3.99. The lowest BCUT2D eigenvalue weighted by Crippen LogP contribution is -2.18. The van der Waals surface area contributed by atoms with Gasteiger partial charge in [0.05, 0.1) is 10.0 Å². The quantitative estimate of drug-likeness (QED) is 0.821. The van der Waals surface area contributed by atoms with E-state index in [1.807, 2.05) is 24.3 Å². The molecule has 0 spiro atoms. The van der Waals surface area contributed by atoms with E-state index in [1.54, 1.807) is 6.07 Å². The smallest absolute Gasteiger partial charge is 0.224 e. The first-order valence-corrected chi connectivity index (χ1v) is 6.77. The number of amides is 1. The molecule has 2 aromatic rings. The largest absolute Gasteiger partial charge is 0.326 e. The molecule has 3 rings (SSSR count). The van der Waals surface area contributed by atoms with Crippen LogP contribution in [0.3, 0.4) is 0 Å². The molecule has 2 aromatic carbocycles. The number of hydrogen-bond donors (Lipinski definition) is 1. The summed E-state index contributed by atoms with van der Waals surface area (Å²) in [5.74, 6) is 0.0785. The minimum Gasteiger partial charge on any atom is -0.326 e. The van der Waals surface area contributed by atoms with Crippen LogP contribution in [0.5, 0.6) is 0 Å². The van der Waals surface area contributed by atoms with Crippen LogP contribution < -0.4 is 5.32 Å². The number of anilines is 1. The summed E-state index contributed by atoms with van der Waals surface area (Å²) in [6, 6.07) is 11.6. The summed E-state index contributed by atoms with van der Waals surface area (Å²) in [7, 11) is 0. The van der Waals surface area contributed by atoms with E-state index in [-0.39, 0.29) is 5.91 Å². The van der Waals surface area contributed by atoms with Gasteiger partial charge in [0, 0.05) is 12.1 Å². The molecule has 0 saturated heterocycles. The van der Waals surface area contributed by atoms with E-state index in [2.05, 4.69) is 11.4 Å². The Hall–Kier alpha value is -1.51. The zero-order valence-electron chi connectivity index (χ0n) is 10.0. The maximum atomic E-state index is 11.3. The Bertz CT molecular complexity index is 667. The summed E-state index contributed by atoms with van der Waals surface area (Å²) in [5.41, 5.74) is 4.16. The number of hydrogen-bond acceptors (Lipinski definition) is 1. The SMILES string of the molecule is O=C1CCc2cc(-c3ccc(Cl)c(Cl)c3)ccc2N1. The molecule has 1 amide bonds. The second-order valence-corrected chi connectivity index (χ2v) is 5.36. The van der Waals surface area contributed by atoms with Crippen molar-refractivity contribution in [1.82, 2.24) is 0 Å². The fourth-order valence-electron chi connectivity index (χ4n) is 2.24. The van der Waals surface area contributed by atoms with Gasteiger partial charge in [0.1, 0.15) is 0 Å². The van der Waals surface area contributed by atoms with Crippen molar-refractivity contribution in [2.75, 3.05) is 5.32 Å². The second-order valence-electron chi connectivity index (χ2n) is 4.55. The van der Waals surface area contributed by atoms with E-state index in [0.717, 1.165) is 28.8 Å². The highest BCUT2D eigenvalue weighted by molar-refractivity contribution is 6.42. The predicted octanol–water partition coefficient (Wildman–Crippen LogP) is 4.55. The number of nitrogens with one attached hydrogen (secondary N) is 1. The summed E-state index contributed by atoms with van der Waals surface area (Å²) >= 11 is 12.0. The average molecular weight is 292 g/mol. The molecule has 1 N–H and O–H groups in total. The van der Waals surface area contributed by atoms with Gasteiger partial charge >= 0.3 is 0 Å². The average Bonchev–Trinajstić information content (AvgIpc) is 2.41. The highest BCUT2D eigenvalue weighted by Gasteiger charge is 2.15. The fourth-order valence-corrected chi connectivity index (χ4v) is 2.54. The topological polar surface area (TPSA) is 29.1 Å². The van der Waals surface area contributed by atoms with E-state index in [4.69, 9.17) is 23.2 Å². The summed E-state index contributed by atoms with van der Waals surface area (Å²) in [6.45, 7) is 0. The standard InChI is InChI=1S/C15H11Cl2NO/c16-12-4-1-10(8-13(12)17)9-2-5-14-11(7-9)3-6-15(19)18-14/h1-2,4-5,7-8H,3,6H2,(H,18,19). The molecule has 0 fully saturated rings. The molecule has 0 unspecified atom stereocenters. The molecule has 1 aliphatic rings. The number of rotatable bonds is 1. The molecule has 2 nitrogen and oxygen atoms in total. The Morgan fingerprint density at radius 3 is 2.42 bits per heavy atom. The van der Waals surface area contributed by atoms with Crippen LogP contribution in [0.15, 0.2) is 36.4 Å². The van der Waals surface area contributed by atoms with Crippen LogP contribution in [-0.4, -0.2) is 5.91 Å². The number of benzene rings is 2. The number of fused-ring (bicyclic) bond motifs is 1. The molecule has 0 aromatic heterocycles. The molecule has 96 valence electrons. The molecule has 0 aliphatic carbocycles. The number of carbonyl (C=O) groups excluding carboxylic acids is 1. The van der Waals surface area contributed by atoms with Crippen LogP contribution in [0.25, 0.3) is 11.1 Å². The van der Waals surface area contributed by atoms with E-state index < -0.39 is 0 Å². The lowest BCUT2D eigenvalue weighted by atomic mass is 9.97. The van der Waals surface area contributed by atoms with Crippen LogP contribution in [0.2, 0.25) is 10.0 Å². The first-order chi connectivity index (χ1) is 9.13. The molecule has 4 heteroatoms. The minimum atomic E-state index is 0.0785. The Labute approximate surface area is 121 Å². The van der Waals surface area contributed by atoms with Crippen molar-refractivity contribution in [1.29, 1.82) is 0 Å². The molecule has 0 radical (unpaired) electrons. The Morgan fingerprint density at radius 2 is 1.63 bits per heavy atom. The van der Waals surface area contributed by atoms with E-state index in [9.17, 15) is 4.79 Å². The first kappa shape index (κ1) is 12.5. The first-order valence-electron chi connectivity index (χ1n) is 6.02. The molecule has 0 atom stereocenters. The molecule has 1 heterocycles. The van der Waals surface area contributed by atoms with Crippen molar-refractivity contribution in [2.24, 2.45) is 0 Å². The number of aryl methyl sites for hydroxylation is 1. The number of halogens is 2. The normalized spacial score (nSPS) is 13.9. The van der Waals surface area contributed by atoms with Crippen LogP contribution in [0.4, 0.5) is 5.69 Å². The predicted molar refractivity (Wildman–Crippen MR) is 78.8 cm³/mol. The molecule has 0 saturated carbocycles. The van der Waals surface area contributed by atoms with Crippen LogP contribution in [0, 0.1) is 0 Å². The van der Waals surface area contributed by atoms with Gasteiger partial charge in [-0.2, -0.15) is 0 Å². The fraction of sp³-hybridized carbons (Fsp3) is 0.133. The molecule has 1 aliphatic heterocycles. The van der Waals surface area contributed by atoms with Crippen LogP contribution in [-0.2, 0) is 11.2 Å². The highest BCUT2D eigenvalue weighted by Crippen LogP contribution is 2.32. The summed E-state index contributed by atoms with van der Waals surface area (Å²) < 4.78 is 0. The van der Waals surface area contributed by atoms with Crippen LogP contribution in [0.1, 0.15) is 12.0 Å². The van der Waals surface area contributed by atoms with Gasteiger partial charge < -0.3 is 5.32 Å². The number of carbonyl (C=O) groups is 1. The molecule has 19 heavy (non-hydrogen) atoms. The van der Waals surface area contributed by atoms with E-state index in [0.29, 0.717) is 16.5 Å². The maximum Gasteiger partial charge on any atom is 0.224 e. The molecular formula is C15H11Cl2NO. The van der Waals surface area contributed by atoms with Gasteiger partial charge in [-0.1, -0.05) is 35.3 Å². The Kier molecular flexibility index (Phi) is 3.21. The third-order valence-electron chi connectivity index (χ3n) is 3.25. The van der Waals surface area contributed by atoms with Crippen molar-refractivity contribution >= 4 is 34.8 Å². The Morgan fingerprint density at radius 1 is 0.895 bits per heavy atom. The monoisotopic (exact) mass is 291 g/mol. The van der Waals surface area contributed by atoms with E-state index in [1.165, 1.54) is 0 Å². The summed E-state index contributed by atoms with van der Waals surface area (Å²) in [5, 5.41) is 3.97. The molecule has 0 bridgehead atoms. The maximum absolute atomic E-state index is 11.3. The van der Waals surface area contributed by atoms with Crippen molar-refractivity contribution < 1.29 is 4.79 Å². The van der Waals surface area contributed by atoms with Gasteiger partial charge in [-0.3, -0.25) is 4.79 Å². The van der Waals surface area contributed by atoms with Gasteiger partial charge in [-0.25, -0.2) is 0 Å². The van der Waals surface area contributed by atoms with Gasteiger partial charge in [-0.15, -0.1) is 0 Å². The van der Waals surface area contributed by atoms with Gasteiger partial charge in [0.2, 0.25) is 5.91 Å². The summed E-state index contributed by atoms with van der Waals surface area (Å²) in [4.78, 5) is 11.3. The van der Waals surface area contributed by atoms with Crippen molar-refractivity contribution in [3.63, 3.8) is 0 Å². The van der Waals surface area contributed by atoms with Crippen molar-refractivity contribution in [2.45, 2.75) is 12.8 Å². The zero-order chi connectivity index (χ0) is 13.4. The lowest BCUT2D eigenvalue weighted by Gasteiger charge is -2.17. The van der Waals surface area contributed by atoms with Gasteiger partial charge in [0.15, 0.2) is 0 Å². The highest BCUT2D eigenvalue weighted by atomic mass is 35.5. The van der Waals surface area contributed by atoms with Gasteiger partial charge in [0.25, 0.3) is 0 Å². The lowest BCUT2D eigenvalue weighted by molar-refractivity contribution is -0.116. The van der Waals surface area contributed by atoms with Crippen LogP contribution >= 0.6 is 23.2 Å². The minimum absolute atomic E-state index is 0.0785. The Balaban J connectivity index is 2.02. The summed E-state index contributed by atoms with van der Waals surface area (Å²) in [6.07, 6.45) is 1.31. The van der Waals surface area contributed by atoms with E-state index >= 15 is 0 Å². The third kappa shape index (κ3) is 2.46. The molecular weight excluding hydrogens is 281 g/mol. The van der Waals surface area contributed by atoms with Crippen molar-refractivity contribution in [3.8, 4) is 11.1 Å². The second kappa shape index (κ2) is 4.87.